The minimum atomic E-state index is -0.758. The van der Waals surface area contributed by atoms with Crippen LogP contribution in [0.3, 0.4) is 0 Å². The zero-order valence-electron chi connectivity index (χ0n) is 9.47. The number of nitrogens with two attached hydrogens (primary N) is 1. The molecule has 0 spiro atoms. The maximum atomic E-state index is 11.5. The number of aromatic nitrogens is 1. The van der Waals surface area contributed by atoms with Crippen LogP contribution in [0.25, 0.3) is 0 Å². The monoisotopic (exact) mass is 252 g/mol. The van der Waals surface area contributed by atoms with Gasteiger partial charge in [0.15, 0.2) is 0 Å². The third-order valence-corrected chi connectivity index (χ3v) is 4.28. The van der Waals surface area contributed by atoms with E-state index in [4.69, 9.17) is 5.73 Å². The number of carboxylic acid groups (broad SMARTS) is 1. The molecule has 0 bridgehead atoms. The SMILES string of the molecule is Nc1ccc(CC2(C(=O)O)CCCC2S)cn1. The molecule has 1 aliphatic rings. The van der Waals surface area contributed by atoms with E-state index >= 15 is 0 Å². The minimum absolute atomic E-state index is 0.0856. The number of aliphatic carboxylic acids is 1. The molecule has 0 aliphatic heterocycles. The number of hydrogen-bond acceptors (Lipinski definition) is 4. The van der Waals surface area contributed by atoms with Crippen LogP contribution < -0.4 is 5.73 Å². The van der Waals surface area contributed by atoms with Gasteiger partial charge in [0.05, 0.1) is 5.41 Å². The van der Waals surface area contributed by atoms with Gasteiger partial charge in [-0.2, -0.15) is 12.6 Å². The predicted octanol–water partition coefficient (Wildman–Crippen LogP) is 1.76. The number of carbonyl (C=O) groups is 1. The topological polar surface area (TPSA) is 76.2 Å². The fourth-order valence-corrected chi connectivity index (χ4v) is 3.00. The summed E-state index contributed by atoms with van der Waals surface area (Å²) < 4.78 is 0. The van der Waals surface area contributed by atoms with Crippen LogP contribution in [0.2, 0.25) is 0 Å². The van der Waals surface area contributed by atoms with Gasteiger partial charge >= 0.3 is 5.97 Å². The first-order chi connectivity index (χ1) is 8.04. The number of rotatable bonds is 3. The normalized spacial score (nSPS) is 28.2. The number of hydrogen-bond donors (Lipinski definition) is 3. The molecule has 1 aromatic heterocycles. The van der Waals surface area contributed by atoms with E-state index in [0.29, 0.717) is 18.7 Å². The molecule has 2 rings (SSSR count). The number of carboxylic acids is 1. The molecule has 0 aromatic carbocycles. The summed E-state index contributed by atoms with van der Waals surface area (Å²) in [7, 11) is 0. The van der Waals surface area contributed by atoms with Crippen molar-refractivity contribution < 1.29 is 9.90 Å². The lowest BCUT2D eigenvalue weighted by molar-refractivity contribution is -0.148. The summed E-state index contributed by atoms with van der Waals surface area (Å²) in [4.78, 5) is 15.5. The van der Waals surface area contributed by atoms with Crippen molar-refractivity contribution in [2.24, 2.45) is 5.41 Å². The number of anilines is 1. The van der Waals surface area contributed by atoms with Crippen molar-refractivity contribution >= 4 is 24.4 Å². The number of nitrogens with zero attached hydrogens (tertiary/aromatic N) is 1. The quantitative estimate of drug-likeness (QED) is 0.716. The molecule has 5 heteroatoms. The molecule has 92 valence electrons. The molecule has 4 nitrogen and oxygen atoms in total. The minimum Gasteiger partial charge on any atom is -0.481 e. The van der Waals surface area contributed by atoms with Gasteiger partial charge in [-0.05, 0) is 30.9 Å². The van der Waals surface area contributed by atoms with Crippen LogP contribution in [0.4, 0.5) is 5.82 Å². The van der Waals surface area contributed by atoms with Crippen molar-refractivity contribution in [1.82, 2.24) is 4.98 Å². The molecular formula is C12H16N2O2S. The Bertz CT molecular complexity index is 421. The predicted molar refractivity (Wildman–Crippen MR) is 69.0 cm³/mol. The van der Waals surface area contributed by atoms with Gasteiger partial charge < -0.3 is 10.8 Å². The van der Waals surface area contributed by atoms with Gasteiger partial charge in [0, 0.05) is 11.4 Å². The van der Waals surface area contributed by atoms with Gasteiger partial charge in [0.25, 0.3) is 0 Å². The number of thiol groups is 1. The molecule has 17 heavy (non-hydrogen) atoms. The van der Waals surface area contributed by atoms with Crippen LogP contribution in [0, 0.1) is 5.41 Å². The third-order valence-electron chi connectivity index (χ3n) is 3.53. The van der Waals surface area contributed by atoms with E-state index in [1.165, 1.54) is 0 Å². The fraction of sp³-hybridized carbons (Fsp3) is 0.500. The Morgan fingerprint density at radius 3 is 2.88 bits per heavy atom. The Balaban J connectivity index is 2.24. The first kappa shape index (κ1) is 12.2. The largest absolute Gasteiger partial charge is 0.481 e. The summed E-state index contributed by atoms with van der Waals surface area (Å²) in [5.74, 6) is -0.307. The maximum absolute atomic E-state index is 11.5. The summed E-state index contributed by atoms with van der Waals surface area (Å²) in [6.45, 7) is 0. The van der Waals surface area contributed by atoms with Crippen LogP contribution in [-0.4, -0.2) is 21.3 Å². The molecule has 1 aromatic rings. The smallest absolute Gasteiger partial charge is 0.311 e. The van der Waals surface area contributed by atoms with Crippen LogP contribution in [-0.2, 0) is 11.2 Å². The van der Waals surface area contributed by atoms with Gasteiger partial charge in [0.2, 0.25) is 0 Å². The van der Waals surface area contributed by atoms with Gasteiger partial charge in [-0.15, -0.1) is 0 Å². The van der Waals surface area contributed by atoms with Gasteiger partial charge in [-0.3, -0.25) is 4.79 Å². The molecule has 0 amide bonds. The van der Waals surface area contributed by atoms with Crippen molar-refractivity contribution in [2.75, 3.05) is 5.73 Å². The molecule has 1 fully saturated rings. The van der Waals surface area contributed by atoms with E-state index in [-0.39, 0.29) is 5.25 Å². The Kier molecular flexibility index (Phi) is 3.28. The molecule has 2 unspecified atom stereocenters. The molecule has 0 radical (unpaired) electrons. The second kappa shape index (κ2) is 4.56. The molecule has 0 saturated heterocycles. The molecule has 1 aliphatic carbocycles. The van der Waals surface area contributed by atoms with Crippen molar-refractivity contribution in [2.45, 2.75) is 30.9 Å². The summed E-state index contributed by atoms with van der Waals surface area (Å²) in [6.07, 6.45) is 4.59. The third kappa shape index (κ3) is 2.24. The lowest BCUT2D eigenvalue weighted by atomic mass is 9.80. The second-order valence-electron chi connectivity index (χ2n) is 4.64. The summed E-state index contributed by atoms with van der Waals surface area (Å²) in [6, 6.07) is 3.54. The zero-order chi connectivity index (χ0) is 12.5. The van der Waals surface area contributed by atoms with Crippen LogP contribution in [0.15, 0.2) is 18.3 Å². The molecular weight excluding hydrogens is 236 g/mol. The number of nitrogen functional groups attached to an aromatic ring is 1. The van der Waals surface area contributed by atoms with E-state index < -0.39 is 11.4 Å². The number of pyridine rings is 1. The summed E-state index contributed by atoms with van der Waals surface area (Å²) >= 11 is 4.44. The van der Waals surface area contributed by atoms with E-state index in [1.54, 1.807) is 12.3 Å². The zero-order valence-corrected chi connectivity index (χ0v) is 10.4. The van der Waals surface area contributed by atoms with Gasteiger partial charge in [0.1, 0.15) is 5.82 Å². The van der Waals surface area contributed by atoms with Crippen LogP contribution in [0.1, 0.15) is 24.8 Å². The highest BCUT2D eigenvalue weighted by Crippen LogP contribution is 2.44. The Morgan fingerprint density at radius 2 is 2.41 bits per heavy atom. The fourth-order valence-electron chi connectivity index (χ4n) is 2.49. The van der Waals surface area contributed by atoms with Crippen molar-refractivity contribution in [3.63, 3.8) is 0 Å². The highest BCUT2D eigenvalue weighted by atomic mass is 32.1. The lowest BCUT2D eigenvalue weighted by Gasteiger charge is -2.28. The van der Waals surface area contributed by atoms with Crippen molar-refractivity contribution in [1.29, 1.82) is 0 Å². The summed E-state index contributed by atoms with van der Waals surface area (Å²) in [5.41, 5.74) is 5.67. The molecule has 1 heterocycles. The van der Waals surface area contributed by atoms with Gasteiger partial charge in [-0.1, -0.05) is 12.5 Å². The average Bonchev–Trinajstić information content (AvgIpc) is 2.65. The molecule has 2 atom stereocenters. The van der Waals surface area contributed by atoms with Gasteiger partial charge in [-0.25, -0.2) is 4.98 Å². The molecule has 3 N–H and O–H groups in total. The standard InChI is InChI=1S/C12H16N2O2S/c13-10-4-3-8(7-14-10)6-12(11(15)16)5-1-2-9(12)17/h3-4,7,9,17H,1-2,5-6H2,(H2,13,14)(H,15,16). The van der Waals surface area contributed by atoms with E-state index in [9.17, 15) is 9.90 Å². The van der Waals surface area contributed by atoms with Crippen LogP contribution >= 0.6 is 12.6 Å². The average molecular weight is 252 g/mol. The van der Waals surface area contributed by atoms with Crippen LogP contribution in [0.5, 0.6) is 0 Å². The highest BCUT2D eigenvalue weighted by molar-refractivity contribution is 7.81. The van der Waals surface area contributed by atoms with Crippen molar-refractivity contribution in [3.8, 4) is 0 Å². The Morgan fingerprint density at radius 1 is 1.65 bits per heavy atom. The first-order valence-corrected chi connectivity index (χ1v) is 6.18. The highest BCUT2D eigenvalue weighted by Gasteiger charge is 2.47. The maximum Gasteiger partial charge on any atom is 0.311 e. The van der Waals surface area contributed by atoms with E-state index in [0.717, 1.165) is 18.4 Å². The first-order valence-electron chi connectivity index (χ1n) is 5.66. The molecule has 1 saturated carbocycles. The Labute approximate surface area is 106 Å². The second-order valence-corrected chi connectivity index (χ2v) is 5.26. The van der Waals surface area contributed by atoms with Crippen molar-refractivity contribution in [3.05, 3.63) is 23.9 Å². The lowest BCUT2D eigenvalue weighted by Crippen LogP contribution is -2.37. The van der Waals surface area contributed by atoms with E-state index in [1.807, 2.05) is 6.07 Å². The Hall–Kier alpha value is -1.23. The summed E-state index contributed by atoms with van der Waals surface area (Å²) in [5, 5.41) is 9.37. The van der Waals surface area contributed by atoms with E-state index in [2.05, 4.69) is 17.6 Å².